The number of aliphatic hydroxyl groups excluding tert-OH is 7. The van der Waals surface area contributed by atoms with Crippen molar-refractivity contribution in [1.29, 1.82) is 0 Å². The van der Waals surface area contributed by atoms with Crippen molar-refractivity contribution in [2.45, 2.75) is 49.0 Å². The van der Waals surface area contributed by atoms with E-state index in [9.17, 15) is 33.6 Å². The van der Waals surface area contributed by atoms with Gasteiger partial charge in [-0.15, -0.1) is 0 Å². The number of hydrogen-bond donors (Lipinski definition) is 13. The molecule has 1 fully saturated rings. The van der Waals surface area contributed by atoms with Gasteiger partial charge in [0.1, 0.15) is 48.5 Å². The summed E-state index contributed by atoms with van der Waals surface area (Å²) in [5, 5.41) is 72.2. The Bertz CT molecular complexity index is 1430. The number of carbonyl (C=O) groups is 1. The number of nitrogen functional groups attached to an aromatic ring is 1. The standard InChI is InChI=1S/C10H16N5O13P3.C6H12O7.Cu/c11-8-5-9(13-2-12-8)15(3-14-5)10-7(17)6(16)4(26-10)1-25-30(21,22)28-31(23,24)27-29(18,19)20;7-1-2(8)3(9)4(10)5(11)6(12)13;/h2-4,6-7,10,16-17H,1H2,(H,21,22)(H,23,24)(H2,11,12,13)(H2,18,19,20);2-5,7-11H,1H2,(H,12,13);/q;;+2/t4-,6-,7-,10-;2-,3+,4+,5+;/m10./s1. The first kappa shape index (κ1) is 41.5. The molecule has 2 aromatic heterocycles. The Morgan fingerprint density at radius 3 is 2.11 bits per heavy atom. The molecule has 10 atom stereocenters. The molecule has 0 aliphatic carbocycles. The molecule has 1 aliphatic heterocycles. The Morgan fingerprint density at radius 1 is 0.978 bits per heavy atom. The maximum Gasteiger partial charge on any atom is 2.00 e. The smallest absolute Gasteiger partial charge is 0.479 e. The maximum absolute atomic E-state index is 11.8. The number of nitrogens with zero attached hydrogens (tertiary/aromatic N) is 4. The fraction of sp³-hybridized carbons (Fsp3) is 0.625. The molecule has 3 rings (SSSR count). The minimum absolute atomic E-state index is 0. The number of phosphoric acid groups is 3. The molecule has 45 heavy (non-hydrogen) atoms. The van der Waals surface area contributed by atoms with E-state index in [0.717, 1.165) is 6.33 Å². The zero-order chi connectivity index (χ0) is 33.8. The van der Waals surface area contributed by atoms with Gasteiger partial charge in [0.15, 0.2) is 23.8 Å². The van der Waals surface area contributed by atoms with Crippen LogP contribution in [0.4, 0.5) is 5.82 Å². The van der Waals surface area contributed by atoms with Crippen molar-refractivity contribution in [1.82, 2.24) is 19.5 Å². The van der Waals surface area contributed by atoms with E-state index in [-0.39, 0.29) is 34.1 Å². The number of phosphoric ester groups is 1. The van der Waals surface area contributed by atoms with Crippen LogP contribution >= 0.6 is 23.5 Å². The molecule has 2 unspecified atom stereocenters. The molecule has 0 bridgehead atoms. The fourth-order valence-corrected chi connectivity index (χ4v) is 6.32. The summed E-state index contributed by atoms with van der Waals surface area (Å²) in [7, 11) is -16.7. The van der Waals surface area contributed by atoms with Gasteiger partial charge in [0, 0.05) is 0 Å². The van der Waals surface area contributed by atoms with Crippen molar-refractivity contribution in [3.05, 3.63) is 12.7 Å². The zero-order valence-electron chi connectivity index (χ0n) is 21.8. The van der Waals surface area contributed by atoms with E-state index in [1.54, 1.807) is 0 Å². The first-order valence-corrected chi connectivity index (χ1v) is 15.9. The van der Waals surface area contributed by atoms with Gasteiger partial charge in [0.2, 0.25) is 0 Å². The monoisotopic (exact) mass is 766 g/mol. The van der Waals surface area contributed by atoms with Crippen molar-refractivity contribution in [3.8, 4) is 0 Å². The van der Waals surface area contributed by atoms with Crippen molar-refractivity contribution < 1.29 is 114 Å². The van der Waals surface area contributed by atoms with E-state index in [4.69, 9.17) is 55.8 Å². The van der Waals surface area contributed by atoms with E-state index < -0.39 is 91.6 Å². The van der Waals surface area contributed by atoms with Crippen molar-refractivity contribution in [2.75, 3.05) is 18.9 Å². The molecule has 29 heteroatoms. The number of anilines is 1. The Labute approximate surface area is 260 Å². The van der Waals surface area contributed by atoms with Crippen LogP contribution in [0.1, 0.15) is 6.23 Å². The van der Waals surface area contributed by atoms with Gasteiger partial charge >= 0.3 is 46.5 Å². The Kier molecular flexibility index (Phi) is 15.2. The van der Waals surface area contributed by atoms with Crippen molar-refractivity contribution in [3.63, 3.8) is 0 Å². The number of carboxylic acid groups (broad SMARTS) is 1. The molecule has 2 aromatic rings. The normalized spacial score (nSPS) is 25.5. The number of nitrogens with two attached hydrogens (primary N) is 1. The van der Waals surface area contributed by atoms with Crippen LogP contribution in [-0.2, 0) is 53.4 Å². The van der Waals surface area contributed by atoms with Gasteiger partial charge in [-0.05, 0) is 0 Å². The summed E-state index contributed by atoms with van der Waals surface area (Å²) in [4.78, 5) is 57.3. The molecule has 0 saturated carbocycles. The first-order valence-electron chi connectivity index (χ1n) is 11.4. The Balaban J connectivity index is 0.000000615. The molecule has 25 nitrogen and oxygen atoms in total. The SMILES string of the molecule is Nc1ncnc2c1ncn2[C@@H]1O[C@H](COP(=O)(O)OP(=O)(O)OP(=O)(O)O)[C@@H](O)[C@H]1O.O=C(O)[C@H](O)[C@H](O)[C@H](O)[C@@H](O)CO.[Cu+2]. The third kappa shape index (κ3) is 11.6. The zero-order valence-corrected chi connectivity index (χ0v) is 25.5. The van der Waals surface area contributed by atoms with E-state index in [2.05, 4.69) is 28.1 Å². The predicted octanol–water partition coefficient (Wildman–Crippen LogP) is -5.12. The molecule has 1 radical (unpaired) electrons. The average Bonchev–Trinajstić information content (AvgIpc) is 3.45. The average molecular weight is 767 g/mol. The molecule has 14 N–H and O–H groups in total. The van der Waals surface area contributed by atoms with Gasteiger partial charge in [-0.25, -0.2) is 33.4 Å². The van der Waals surface area contributed by atoms with Crippen LogP contribution in [0.15, 0.2) is 12.7 Å². The molecular formula is C16H28CuN5O20P3+2. The second kappa shape index (κ2) is 16.5. The van der Waals surface area contributed by atoms with Gasteiger partial charge in [0.05, 0.1) is 19.5 Å². The largest absolute Gasteiger partial charge is 2.00 e. The molecule has 261 valence electrons. The summed E-state index contributed by atoms with van der Waals surface area (Å²) < 4.78 is 51.9. The molecule has 0 amide bonds. The van der Waals surface area contributed by atoms with Crippen LogP contribution < -0.4 is 5.73 Å². The van der Waals surface area contributed by atoms with E-state index in [1.807, 2.05) is 0 Å². The topological polar surface area (TPSA) is 418 Å². The number of ether oxygens (including phenoxy) is 1. The predicted molar refractivity (Wildman–Crippen MR) is 134 cm³/mol. The molecule has 3 heterocycles. The number of rotatable bonds is 13. The van der Waals surface area contributed by atoms with E-state index in [1.165, 1.54) is 10.9 Å². The van der Waals surface area contributed by atoms with Crippen LogP contribution in [0.25, 0.3) is 11.2 Å². The van der Waals surface area contributed by atoms with Crippen LogP contribution in [0.5, 0.6) is 0 Å². The number of imidazole rings is 1. The van der Waals surface area contributed by atoms with Crippen LogP contribution in [0.3, 0.4) is 0 Å². The second-order valence-corrected chi connectivity index (χ2v) is 13.0. The number of aliphatic carboxylic acids is 1. The number of hydrogen-bond acceptors (Lipinski definition) is 19. The van der Waals surface area contributed by atoms with Crippen LogP contribution in [0, 0.1) is 0 Å². The minimum atomic E-state index is -5.70. The fourth-order valence-electron chi connectivity index (χ4n) is 3.29. The third-order valence-electron chi connectivity index (χ3n) is 5.32. The minimum Gasteiger partial charge on any atom is -0.479 e. The molecular weight excluding hydrogens is 739 g/mol. The summed E-state index contributed by atoms with van der Waals surface area (Å²) >= 11 is 0. The number of fused-ring (bicyclic) bond motifs is 1. The summed E-state index contributed by atoms with van der Waals surface area (Å²) in [5.41, 5.74) is 6.00. The van der Waals surface area contributed by atoms with Gasteiger partial charge in [-0.2, -0.15) is 8.62 Å². The molecule has 0 spiro atoms. The summed E-state index contributed by atoms with van der Waals surface area (Å²) in [6.45, 7) is -1.80. The number of carboxylic acids is 1. The van der Waals surface area contributed by atoms with Gasteiger partial charge < -0.3 is 70.9 Å². The van der Waals surface area contributed by atoms with Crippen molar-refractivity contribution in [2.24, 2.45) is 0 Å². The quantitative estimate of drug-likeness (QED) is 0.0669. The van der Waals surface area contributed by atoms with Crippen molar-refractivity contribution >= 4 is 46.4 Å². The molecule has 1 saturated heterocycles. The Morgan fingerprint density at radius 2 is 1.58 bits per heavy atom. The van der Waals surface area contributed by atoms with Crippen LogP contribution in [-0.4, -0.2) is 142 Å². The number of aliphatic hydroxyl groups is 7. The van der Waals surface area contributed by atoms with E-state index in [0.29, 0.717) is 0 Å². The molecule has 0 aromatic carbocycles. The second-order valence-electron chi connectivity index (χ2n) is 8.53. The van der Waals surface area contributed by atoms with Gasteiger partial charge in [0.25, 0.3) is 0 Å². The summed E-state index contributed by atoms with van der Waals surface area (Å²) in [5.74, 6) is -1.68. The third-order valence-corrected chi connectivity index (χ3v) is 9.13. The Hall–Kier alpha value is -1.57. The summed E-state index contributed by atoms with van der Waals surface area (Å²) in [6.07, 6.45) is -11.5. The first-order chi connectivity index (χ1) is 20.1. The summed E-state index contributed by atoms with van der Waals surface area (Å²) in [6, 6.07) is 0. The molecule has 1 aliphatic rings. The number of aromatic nitrogens is 4. The van der Waals surface area contributed by atoms with E-state index >= 15 is 0 Å². The maximum atomic E-state index is 11.8. The van der Waals surface area contributed by atoms with Gasteiger partial charge in [-0.3, -0.25) is 9.09 Å². The van der Waals surface area contributed by atoms with Gasteiger partial charge in [-0.1, -0.05) is 0 Å². The van der Waals surface area contributed by atoms with Crippen LogP contribution in [0.2, 0.25) is 0 Å².